The molecule has 1 N–H and O–H groups in total. The standard InChI is InChI=1S/C16H17NO4/c18-13-8-14-6-7-16(9-13,21-14)11-17-15(19)20-10-12-4-2-1-3-5-12/h1-7,14H,8-11H2,(H,17,19). The van der Waals surface area contributed by atoms with Gasteiger partial charge in [-0.15, -0.1) is 0 Å². The lowest BCUT2D eigenvalue weighted by Crippen LogP contribution is -2.47. The number of Topliss-reactive ketones (excluding diaryl/α,β-unsaturated/α-hetero) is 1. The van der Waals surface area contributed by atoms with E-state index in [0.29, 0.717) is 12.8 Å². The molecule has 0 spiro atoms. The van der Waals surface area contributed by atoms with Gasteiger partial charge in [-0.1, -0.05) is 42.5 Å². The molecular weight excluding hydrogens is 270 g/mol. The first-order valence-corrected chi connectivity index (χ1v) is 6.99. The molecule has 5 heteroatoms. The summed E-state index contributed by atoms with van der Waals surface area (Å²) in [7, 11) is 0. The second kappa shape index (κ2) is 5.69. The molecule has 1 fully saturated rings. The molecule has 3 rings (SSSR count). The number of nitrogens with one attached hydrogen (secondary N) is 1. The molecule has 0 aliphatic carbocycles. The Balaban J connectivity index is 1.48. The van der Waals surface area contributed by atoms with Gasteiger partial charge < -0.3 is 14.8 Å². The number of carbonyl (C=O) groups is 2. The minimum Gasteiger partial charge on any atom is -0.445 e. The number of carbonyl (C=O) groups excluding carboxylic acids is 2. The van der Waals surface area contributed by atoms with Crippen LogP contribution in [0.5, 0.6) is 0 Å². The van der Waals surface area contributed by atoms with E-state index in [1.54, 1.807) is 0 Å². The molecule has 2 heterocycles. The van der Waals surface area contributed by atoms with Crippen molar-refractivity contribution in [1.82, 2.24) is 5.32 Å². The van der Waals surface area contributed by atoms with Crippen LogP contribution < -0.4 is 5.32 Å². The third-order valence-electron chi connectivity index (χ3n) is 3.67. The molecule has 0 aromatic heterocycles. The van der Waals surface area contributed by atoms with Gasteiger partial charge in [0.15, 0.2) is 0 Å². The zero-order valence-corrected chi connectivity index (χ0v) is 11.6. The van der Waals surface area contributed by atoms with Crippen LogP contribution in [0.3, 0.4) is 0 Å². The van der Waals surface area contributed by atoms with Gasteiger partial charge >= 0.3 is 6.09 Å². The first kappa shape index (κ1) is 13.8. The molecule has 2 unspecified atom stereocenters. The molecule has 1 saturated heterocycles. The molecule has 2 aliphatic rings. The number of hydrogen-bond donors (Lipinski definition) is 1. The molecule has 2 aliphatic heterocycles. The molecule has 1 amide bonds. The maximum atomic E-state index is 11.7. The van der Waals surface area contributed by atoms with E-state index in [-0.39, 0.29) is 25.0 Å². The van der Waals surface area contributed by atoms with Gasteiger partial charge in [-0.2, -0.15) is 0 Å². The van der Waals surface area contributed by atoms with Crippen LogP contribution in [0, 0.1) is 0 Å². The van der Waals surface area contributed by atoms with Crippen molar-refractivity contribution in [2.45, 2.75) is 31.2 Å². The van der Waals surface area contributed by atoms with Crippen LogP contribution in [0.2, 0.25) is 0 Å². The highest BCUT2D eigenvalue weighted by atomic mass is 16.6. The maximum absolute atomic E-state index is 11.7. The summed E-state index contributed by atoms with van der Waals surface area (Å²) in [6.07, 6.45) is 3.84. The summed E-state index contributed by atoms with van der Waals surface area (Å²) in [4.78, 5) is 23.3. The van der Waals surface area contributed by atoms with Gasteiger partial charge in [0, 0.05) is 12.8 Å². The molecule has 110 valence electrons. The van der Waals surface area contributed by atoms with Gasteiger partial charge in [0.1, 0.15) is 18.0 Å². The molecule has 0 radical (unpaired) electrons. The molecule has 2 bridgehead atoms. The summed E-state index contributed by atoms with van der Waals surface area (Å²) in [5, 5.41) is 2.67. The van der Waals surface area contributed by atoms with Gasteiger partial charge in [-0.3, -0.25) is 4.79 Å². The largest absolute Gasteiger partial charge is 0.445 e. The van der Waals surface area contributed by atoms with Crippen LogP contribution in [0.4, 0.5) is 4.79 Å². The van der Waals surface area contributed by atoms with E-state index in [1.807, 2.05) is 42.5 Å². The van der Waals surface area contributed by atoms with Gasteiger partial charge in [0.2, 0.25) is 0 Å². The average Bonchev–Trinajstić information content (AvgIpc) is 2.80. The Hall–Kier alpha value is -2.14. The van der Waals surface area contributed by atoms with Crippen molar-refractivity contribution >= 4 is 11.9 Å². The summed E-state index contributed by atoms with van der Waals surface area (Å²) >= 11 is 0. The lowest BCUT2D eigenvalue weighted by molar-refractivity contribution is -0.136. The van der Waals surface area contributed by atoms with Crippen LogP contribution in [0.1, 0.15) is 18.4 Å². The minimum atomic E-state index is -0.689. The zero-order valence-electron chi connectivity index (χ0n) is 11.6. The van der Waals surface area contributed by atoms with Gasteiger partial charge in [-0.05, 0) is 5.56 Å². The van der Waals surface area contributed by atoms with Crippen LogP contribution in [0.25, 0.3) is 0 Å². The third kappa shape index (κ3) is 3.31. The number of fused-ring (bicyclic) bond motifs is 2. The Morgan fingerprint density at radius 2 is 2.19 bits per heavy atom. The van der Waals surface area contributed by atoms with E-state index in [9.17, 15) is 9.59 Å². The average molecular weight is 287 g/mol. The number of hydrogen-bond acceptors (Lipinski definition) is 4. The van der Waals surface area contributed by atoms with E-state index in [4.69, 9.17) is 9.47 Å². The number of ether oxygens (including phenoxy) is 2. The second-order valence-corrected chi connectivity index (χ2v) is 5.42. The van der Waals surface area contributed by atoms with E-state index < -0.39 is 11.7 Å². The molecule has 1 aromatic rings. The summed E-state index contributed by atoms with van der Waals surface area (Å²) in [6.45, 7) is 0.470. The monoisotopic (exact) mass is 287 g/mol. The van der Waals surface area contributed by atoms with Crippen molar-refractivity contribution in [3.05, 3.63) is 48.0 Å². The van der Waals surface area contributed by atoms with Gasteiger partial charge in [-0.25, -0.2) is 4.79 Å². The predicted octanol–water partition coefficient (Wildman–Crippen LogP) is 1.97. The predicted molar refractivity (Wildman–Crippen MR) is 75.6 cm³/mol. The van der Waals surface area contributed by atoms with Gasteiger partial charge in [0.05, 0.1) is 12.6 Å². The summed E-state index contributed by atoms with van der Waals surface area (Å²) < 4.78 is 10.9. The number of rotatable bonds is 4. The van der Waals surface area contributed by atoms with E-state index in [1.165, 1.54) is 0 Å². The van der Waals surface area contributed by atoms with E-state index >= 15 is 0 Å². The molecule has 5 nitrogen and oxygen atoms in total. The smallest absolute Gasteiger partial charge is 0.407 e. The normalized spacial score (nSPS) is 26.7. The second-order valence-electron chi connectivity index (χ2n) is 5.42. The van der Waals surface area contributed by atoms with Crippen LogP contribution in [-0.4, -0.2) is 30.1 Å². The van der Waals surface area contributed by atoms with Crippen molar-refractivity contribution in [3.8, 4) is 0 Å². The summed E-state index contributed by atoms with van der Waals surface area (Å²) in [6, 6.07) is 9.46. The molecular formula is C16H17NO4. The van der Waals surface area contributed by atoms with Crippen molar-refractivity contribution in [1.29, 1.82) is 0 Å². The highest BCUT2D eigenvalue weighted by molar-refractivity contribution is 5.82. The highest BCUT2D eigenvalue weighted by Crippen LogP contribution is 2.33. The lowest BCUT2D eigenvalue weighted by atomic mass is 9.95. The first-order valence-electron chi connectivity index (χ1n) is 6.99. The lowest BCUT2D eigenvalue weighted by Gasteiger charge is -2.32. The Bertz CT molecular complexity index is 569. The number of alkyl carbamates (subject to hydrolysis) is 1. The third-order valence-corrected chi connectivity index (χ3v) is 3.67. The molecule has 1 aromatic carbocycles. The SMILES string of the molecule is O=C1CC2C=CC(CNC(=O)OCc3ccccc3)(C1)O2. The Morgan fingerprint density at radius 1 is 1.38 bits per heavy atom. The number of benzene rings is 1. The van der Waals surface area contributed by atoms with Crippen molar-refractivity contribution in [3.63, 3.8) is 0 Å². The van der Waals surface area contributed by atoms with Crippen LogP contribution >= 0.6 is 0 Å². The Kier molecular flexibility index (Phi) is 3.75. The first-order chi connectivity index (χ1) is 10.2. The van der Waals surface area contributed by atoms with Crippen molar-refractivity contribution < 1.29 is 19.1 Å². The number of amides is 1. The Morgan fingerprint density at radius 3 is 3.00 bits per heavy atom. The molecule has 0 saturated carbocycles. The quantitative estimate of drug-likeness (QED) is 0.860. The maximum Gasteiger partial charge on any atom is 0.407 e. The Labute approximate surface area is 122 Å². The van der Waals surface area contributed by atoms with Crippen molar-refractivity contribution in [2.75, 3.05) is 6.54 Å². The molecule has 2 atom stereocenters. The fourth-order valence-corrected chi connectivity index (χ4v) is 2.66. The minimum absolute atomic E-state index is 0.145. The van der Waals surface area contributed by atoms with E-state index in [2.05, 4.69) is 5.32 Å². The fourth-order valence-electron chi connectivity index (χ4n) is 2.66. The summed E-state index contributed by atoms with van der Waals surface area (Å²) in [5.41, 5.74) is 0.238. The van der Waals surface area contributed by atoms with Crippen molar-refractivity contribution in [2.24, 2.45) is 0 Å². The molecule has 21 heavy (non-hydrogen) atoms. The van der Waals surface area contributed by atoms with Crippen LogP contribution in [-0.2, 0) is 20.9 Å². The summed E-state index contributed by atoms with van der Waals surface area (Å²) in [5.74, 6) is 0.163. The number of ketones is 1. The van der Waals surface area contributed by atoms with Gasteiger partial charge in [0.25, 0.3) is 0 Å². The van der Waals surface area contributed by atoms with Crippen LogP contribution in [0.15, 0.2) is 42.5 Å². The highest BCUT2D eigenvalue weighted by Gasteiger charge is 2.42. The fraction of sp³-hybridized carbons (Fsp3) is 0.375. The zero-order chi connectivity index (χ0) is 14.7. The topological polar surface area (TPSA) is 64.6 Å². The van der Waals surface area contributed by atoms with E-state index in [0.717, 1.165) is 5.56 Å².